The van der Waals surface area contributed by atoms with Crippen LogP contribution in [0.3, 0.4) is 0 Å². The average Bonchev–Trinajstić information content (AvgIpc) is 1.52. The topological polar surface area (TPSA) is 73.8 Å². The minimum Gasteiger partial charge on any atom is -0.309 e. The summed E-state index contributed by atoms with van der Waals surface area (Å²) in [5.74, 6) is 0.263. The Hall–Kier alpha value is -16.0. The lowest BCUT2D eigenvalue weighted by molar-refractivity contribution is 0.601. The molecule has 0 spiro atoms. The van der Waals surface area contributed by atoms with Gasteiger partial charge < -0.3 is 8.97 Å². The Morgan fingerprint density at radius 2 is 0.585 bits per heavy atom. The number of hydrogen-bond acceptors (Lipinski definition) is 3. The second-order valence-corrected chi connectivity index (χ2v) is 33.8. The number of pyridine rings is 2. The first kappa shape index (κ1) is 69.0. The first-order chi connectivity index (χ1) is 60.6. The quantitative estimate of drug-likeness (QED) is 0.161. The SMILES string of the molecule is CC1(C)c2ccccc2C2c3ccccc3-c3cc(-c4cc5c6ccccc6c(=O)n6c7ccccc7c(c4)c56)cc1c32.O=c1c2ccccc2c2cc(-c3ccc4c(c3)c3ccccc3n4-c3ccccc3)cc3c4ccccc4n1c23.O=c1c2ccccc2n2c3ccccc3c3c(-c4ccccc4)c(-c4ccccc4)c4c5ccccc5n1c4c32. The van der Waals surface area contributed by atoms with E-state index < -0.39 is 0 Å². The zero-order valence-electron chi connectivity index (χ0n) is 67.0. The van der Waals surface area contributed by atoms with Gasteiger partial charge in [0.05, 0.1) is 66.1 Å². The van der Waals surface area contributed by atoms with Crippen molar-refractivity contribution in [1.82, 2.24) is 22.2 Å². The first-order valence-electron chi connectivity index (χ1n) is 42.3. The Morgan fingerprint density at radius 3 is 1.14 bits per heavy atom. The lowest BCUT2D eigenvalue weighted by atomic mass is 9.64. The van der Waals surface area contributed by atoms with Crippen LogP contribution in [-0.2, 0) is 5.41 Å². The number of benzene rings is 18. The minimum atomic E-state index is -0.136. The molecule has 1 unspecified atom stereocenters. The smallest absolute Gasteiger partial charge is 0.265 e. The van der Waals surface area contributed by atoms with Crippen LogP contribution in [0.4, 0.5) is 0 Å². The highest BCUT2D eigenvalue weighted by atomic mass is 16.1. The van der Waals surface area contributed by atoms with Gasteiger partial charge in [0.2, 0.25) is 0 Å². The van der Waals surface area contributed by atoms with Crippen LogP contribution in [0.5, 0.6) is 0 Å². The third-order valence-corrected chi connectivity index (χ3v) is 27.3. The van der Waals surface area contributed by atoms with Crippen LogP contribution in [0.2, 0.25) is 0 Å². The van der Waals surface area contributed by atoms with Crippen LogP contribution in [-0.4, -0.2) is 22.2 Å². The molecule has 18 aromatic carbocycles. The number of fused-ring (bicyclic) bond motifs is 26. The fourth-order valence-electron chi connectivity index (χ4n) is 22.1. The molecule has 574 valence electrons. The van der Waals surface area contributed by atoms with Gasteiger partial charge >= 0.3 is 0 Å². The molecule has 8 heteroatoms. The Bertz CT molecular complexity index is 9250. The van der Waals surface area contributed by atoms with Gasteiger partial charge in [0, 0.05) is 104 Å². The maximum Gasteiger partial charge on any atom is 0.265 e. The van der Waals surface area contributed by atoms with Crippen molar-refractivity contribution in [1.29, 1.82) is 0 Å². The number of rotatable bonds is 5. The van der Waals surface area contributed by atoms with Gasteiger partial charge in [-0.25, -0.2) is 0 Å². The second-order valence-electron chi connectivity index (χ2n) is 33.8. The van der Waals surface area contributed by atoms with Gasteiger partial charge in [0.25, 0.3) is 16.7 Å². The molecule has 8 aromatic heterocycles. The van der Waals surface area contributed by atoms with Crippen molar-refractivity contribution in [2.24, 2.45) is 0 Å². The predicted molar refractivity (Wildman–Crippen MR) is 512 cm³/mol. The highest BCUT2D eigenvalue weighted by Gasteiger charge is 2.44. The maximum absolute atomic E-state index is 14.5. The molecule has 2 aliphatic rings. The molecular formula is C115H71N5O3. The molecule has 0 radical (unpaired) electrons. The van der Waals surface area contributed by atoms with Gasteiger partial charge in [-0.05, 0) is 198 Å². The number of para-hydroxylation sites is 7. The van der Waals surface area contributed by atoms with Crippen molar-refractivity contribution < 1.29 is 0 Å². The summed E-state index contributed by atoms with van der Waals surface area (Å²) < 4.78 is 10.5. The monoisotopic (exact) mass is 1570 g/mol. The van der Waals surface area contributed by atoms with E-state index in [4.69, 9.17) is 0 Å². The highest BCUT2D eigenvalue weighted by molar-refractivity contribution is 6.34. The second kappa shape index (κ2) is 25.7. The number of nitrogens with zero attached hydrogens (tertiary/aromatic N) is 5. The molecule has 0 amide bonds. The van der Waals surface area contributed by atoms with Crippen LogP contribution < -0.4 is 16.7 Å². The third kappa shape index (κ3) is 9.52. The van der Waals surface area contributed by atoms with E-state index in [2.05, 4.69) is 338 Å². The molecule has 2 aliphatic carbocycles. The lowest BCUT2D eigenvalue weighted by Gasteiger charge is -2.38. The van der Waals surface area contributed by atoms with Crippen molar-refractivity contribution in [3.05, 3.63) is 447 Å². The van der Waals surface area contributed by atoms with Crippen LogP contribution in [0.25, 0.3) is 214 Å². The summed E-state index contributed by atoms with van der Waals surface area (Å²) in [6, 6.07) is 137. The third-order valence-electron chi connectivity index (χ3n) is 27.3. The van der Waals surface area contributed by atoms with E-state index in [0.29, 0.717) is 5.39 Å². The molecule has 28 rings (SSSR count). The Kier molecular flexibility index (Phi) is 14.4. The normalized spacial score (nSPS) is 13.5. The molecule has 26 aromatic rings. The van der Waals surface area contributed by atoms with E-state index in [1.165, 1.54) is 88.2 Å². The predicted octanol–water partition coefficient (Wildman–Crippen LogP) is 27.6. The Labute approximate surface area is 703 Å². The first-order valence-corrected chi connectivity index (χ1v) is 42.3. The molecule has 0 saturated carbocycles. The van der Waals surface area contributed by atoms with Crippen LogP contribution >= 0.6 is 0 Å². The van der Waals surface area contributed by atoms with Gasteiger partial charge in [-0.2, -0.15) is 0 Å². The summed E-state index contributed by atoms with van der Waals surface area (Å²) >= 11 is 0. The summed E-state index contributed by atoms with van der Waals surface area (Å²) in [5, 5.41) is 17.9. The van der Waals surface area contributed by atoms with Crippen LogP contribution in [0.15, 0.2) is 403 Å². The summed E-state index contributed by atoms with van der Waals surface area (Å²) in [7, 11) is 0. The summed E-state index contributed by atoms with van der Waals surface area (Å²) in [5.41, 5.74) is 31.6. The minimum absolute atomic E-state index is 0.00218. The largest absolute Gasteiger partial charge is 0.309 e. The van der Waals surface area contributed by atoms with E-state index in [9.17, 15) is 14.4 Å². The summed E-state index contributed by atoms with van der Waals surface area (Å²) in [4.78, 5) is 42.0. The fraction of sp³-hybridized carbons (Fsp3) is 0.0348. The summed E-state index contributed by atoms with van der Waals surface area (Å²) in [6.07, 6.45) is 0. The molecule has 0 N–H and O–H groups in total. The van der Waals surface area contributed by atoms with Crippen molar-refractivity contribution in [3.63, 3.8) is 0 Å². The molecule has 0 bridgehead atoms. The highest BCUT2D eigenvalue weighted by Crippen LogP contribution is 2.59. The Morgan fingerprint density at radius 1 is 0.228 bits per heavy atom. The van der Waals surface area contributed by atoms with Crippen molar-refractivity contribution in [3.8, 4) is 61.3 Å². The summed E-state index contributed by atoms with van der Waals surface area (Å²) in [6.45, 7) is 4.76. The van der Waals surface area contributed by atoms with Crippen LogP contribution in [0.1, 0.15) is 47.6 Å². The van der Waals surface area contributed by atoms with Crippen molar-refractivity contribution in [2.45, 2.75) is 25.2 Å². The molecule has 8 nitrogen and oxygen atoms in total. The van der Waals surface area contributed by atoms with E-state index in [0.717, 1.165) is 148 Å². The van der Waals surface area contributed by atoms with Gasteiger partial charge in [0.15, 0.2) is 0 Å². The molecular weight excluding hydrogens is 1500 g/mol. The molecule has 1 atom stereocenters. The standard InChI is InChI=1S/C41H27NO.2C37H22N2O/c1-41(2)34-17-9-7-16-30(34)37-28-14-5-3-11-25(28)31-19-24(22-35(41)38(31)37)23-20-32-26-12-4-6-15-29(26)40(43)42-36-18-10-8-13-27(36)33(21-23)39(32)42;40-37-27-19-9-12-22-30(27)38-28-20-10-7-17-25(28)33-31(23-13-3-1-4-14-23)32(24-15-5-2-6-16-24)34-26-18-8-11-21-29(26)39(37)36(34)35(33)38;40-37-29-15-5-4-12-26(29)31-21-24(22-32-28-14-7-9-17-34(28)39(37)36(31)32)23-18-19-35-30(20-23)27-13-6-8-16-33(27)38(35)25-10-2-1-3-11-25/h3-22,37H,1-2H3;2*1-22H. The Balaban J connectivity index is 0.0000000990. The fourth-order valence-corrected chi connectivity index (χ4v) is 22.1. The molecule has 0 saturated heterocycles. The van der Waals surface area contributed by atoms with E-state index in [-0.39, 0.29) is 28.0 Å². The molecule has 0 aliphatic heterocycles. The van der Waals surface area contributed by atoms with E-state index in [1.54, 1.807) is 0 Å². The zero-order chi connectivity index (χ0) is 81.4. The molecule has 0 fully saturated rings. The van der Waals surface area contributed by atoms with E-state index in [1.807, 2.05) is 86.0 Å². The number of aromatic nitrogens is 5. The average molecular weight is 1570 g/mol. The zero-order valence-corrected chi connectivity index (χ0v) is 67.0. The van der Waals surface area contributed by atoms with Gasteiger partial charge in [-0.15, -0.1) is 0 Å². The van der Waals surface area contributed by atoms with Gasteiger partial charge in [0.1, 0.15) is 0 Å². The molecule has 123 heavy (non-hydrogen) atoms. The van der Waals surface area contributed by atoms with E-state index >= 15 is 0 Å². The van der Waals surface area contributed by atoms with Gasteiger partial charge in [-0.3, -0.25) is 27.6 Å². The van der Waals surface area contributed by atoms with Crippen molar-refractivity contribution in [2.75, 3.05) is 0 Å². The maximum atomic E-state index is 14.5. The lowest BCUT2D eigenvalue weighted by Crippen LogP contribution is -2.29. The number of hydrogen-bond donors (Lipinski definition) is 0. The molecule has 8 heterocycles. The van der Waals surface area contributed by atoms with Crippen molar-refractivity contribution >= 4 is 152 Å². The van der Waals surface area contributed by atoms with Gasteiger partial charge in [-0.1, -0.05) is 287 Å². The van der Waals surface area contributed by atoms with Crippen LogP contribution in [0, 0.1) is 0 Å².